The Balaban J connectivity index is 2.04. The molecule has 0 aromatic heterocycles. The van der Waals surface area contributed by atoms with Crippen molar-refractivity contribution in [3.8, 4) is 0 Å². The predicted molar refractivity (Wildman–Crippen MR) is 79.7 cm³/mol. The Morgan fingerprint density at radius 3 is 2.62 bits per heavy atom. The molecule has 0 aromatic carbocycles. The van der Waals surface area contributed by atoms with E-state index in [0.29, 0.717) is 0 Å². The summed E-state index contributed by atoms with van der Waals surface area (Å²) in [6, 6.07) is -1.59. The molecule has 2 aliphatic rings. The molecule has 5 atom stereocenters. The summed E-state index contributed by atoms with van der Waals surface area (Å²) in [4.78, 5) is 16.1. The SMILES string of the molecule is CO[C@H]1C[C@@H](O)[C@H](NC(=O)C2N=C(Cl)C(Cl)=C2Cl)[C@@H](C)O1. The predicted octanol–water partition coefficient (Wildman–Crippen LogP) is 1.32. The number of allylic oxidation sites excluding steroid dienone is 1. The Kier molecular flexibility index (Phi) is 5.51. The van der Waals surface area contributed by atoms with Gasteiger partial charge in [-0.15, -0.1) is 0 Å². The molecule has 0 saturated carbocycles. The second-order valence-corrected chi connectivity index (χ2v) is 5.97. The second-order valence-electron chi connectivity index (χ2n) is 4.83. The van der Waals surface area contributed by atoms with Gasteiger partial charge in [0, 0.05) is 13.5 Å². The minimum absolute atomic E-state index is 0.00486. The van der Waals surface area contributed by atoms with E-state index in [9.17, 15) is 9.90 Å². The lowest BCUT2D eigenvalue weighted by Crippen LogP contribution is -2.57. The molecule has 1 saturated heterocycles. The molecule has 1 amide bonds. The Morgan fingerprint density at radius 1 is 1.48 bits per heavy atom. The number of ether oxygens (including phenoxy) is 2. The maximum absolute atomic E-state index is 12.2. The quantitative estimate of drug-likeness (QED) is 0.798. The van der Waals surface area contributed by atoms with Gasteiger partial charge in [-0.1, -0.05) is 34.8 Å². The summed E-state index contributed by atoms with van der Waals surface area (Å²) in [5.41, 5.74) is 0. The lowest BCUT2D eigenvalue weighted by atomic mass is 9.99. The van der Waals surface area contributed by atoms with Crippen molar-refractivity contribution in [2.45, 2.75) is 43.9 Å². The van der Waals surface area contributed by atoms with Crippen LogP contribution in [0, 0.1) is 0 Å². The maximum Gasteiger partial charge on any atom is 0.250 e. The third kappa shape index (κ3) is 3.52. The van der Waals surface area contributed by atoms with Gasteiger partial charge >= 0.3 is 0 Å². The van der Waals surface area contributed by atoms with E-state index in [1.165, 1.54) is 7.11 Å². The molecule has 2 rings (SSSR count). The molecular formula is C12H15Cl3N2O4. The zero-order valence-electron chi connectivity index (χ0n) is 11.3. The van der Waals surface area contributed by atoms with Crippen LogP contribution in [0.15, 0.2) is 15.1 Å². The molecule has 0 aliphatic carbocycles. The molecule has 1 unspecified atom stereocenters. The molecule has 1 fully saturated rings. The zero-order valence-corrected chi connectivity index (χ0v) is 13.6. The van der Waals surface area contributed by atoms with Crippen molar-refractivity contribution in [1.29, 1.82) is 0 Å². The molecular weight excluding hydrogens is 343 g/mol. The fraction of sp³-hybridized carbons (Fsp3) is 0.667. The first-order chi connectivity index (χ1) is 9.85. The lowest BCUT2D eigenvalue weighted by Gasteiger charge is -2.38. The van der Waals surface area contributed by atoms with E-state index < -0.39 is 36.5 Å². The van der Waals surface area contributed by atoms with Crippen LogP contribution in [-0.4, -0.2) is 53.9 Å². The van der Waals surface area contributed by atoms with Gasteiger partial charge in [-0.05, 0) is 6.92 Å². The number of rotatable bonds is 3. The third-order valence-corrected chi connectivity index (χ3v) is 4.67. The van der Waals surface area contributed by atoms with Gasteiger partial charge in [0.15, 0.2) is 12.3 Å². The van der Waals surface area contributed by atoms with Crippen molar-refractivity contribution in [3.63, 3.8) is 0 Å². The Hall–Kier alpha value is -0.370. The van der Waals surface area contributed by atoms with Gasteiger partial charge in [0.1, 0.15) is 5.17 Å². The van der Waals surface area contributed by atoms with E-state index in [0.717, 1.165) is 0 Å². The maximum atomic E-state index is 12.2. The number of aliphatic hydroxyl groups excluding tert-OH is 1. The van der Waals surface area contributed by atoms with Gasteiger partial charge in [0.25, 0.3) is 5.91 Å². The van der Waals surface area contributed by atoms with Crippen molar-refractivity contribution in [1.82, 2.24) is 5.32 Å². The number of carbonyl (C=O) groups excluding carboxylic acids is 1. The van der Waals surface area contributed by atoms with Crippen LogP contribution in [0.5, 0.6) is 0 Å². The van der Waals surface area contributed by atoms with E-state index in [1.54, 1.807) is 6.92 Å². The van der Waals surface area contributed by atoms with Crippen molar-refractivity contribution in [2.24, 2.45) is 4.99 Å². The average Bonchev–Trinajstić information content (AvgIpc) is 2.70. The van der Waals surface area contributed by atoms with Gasteiger partial charge in [-0.2, -0.15) is 0 Å². The number of hydrogen-bond acceptors (Lipinski definition) is 5. The number of hydrogen-bond donors (Lipinski definition) is 2. The van der Waals surface area contributed by atoms with Gasteiger partial charge in [0.05, 0.1) is 28.3 Å². The lowest BCUT2D eigenvalue weighted by molar-refractivity contribution is -0.210. The van der Waals surface area contributed by atoms with Crippen LogP contribution in [0.3, 0.4) is 0 Å². The number of halogens is 3. The Morgan fingerprint density at radius 2 is 2.14 bits per heavy atom. The highest BCUT2D eigenvalue weighted by molar-refractivity contribution is 6.77. The number of aliphatic imine (C=N–C) groups is 1. The topological polar surface area (TPSA) is 80.2 Å². The molecule has 2 N–H and O–H groups in total. The summed E-state index contributed by atoms with van der Waals surface area (Å²) in [6.45, 7) is 1.73. The molecule has 0 radical (unpaired) electrons. The van der Waals surface area contributed by atoms with Crippen molar-refractivity contribution < 1.29 is 19.4 Å². The minimum Gasteiger partial charge on any atom is -0.391 e. The minimum atomic E-state index is -0.994. The molecule has 0 bridgehead atoms. The number of nitrogens with zero attached hydrogens (tertiary/aromatic N) is 1. The van der Waals surface area contributed by atoms with Gasteiger partial charge in [-0.3, -0.25) is 9.79 Å². The van der Waals surface area contributed by atoms with E-state index in [2.05, 4.69) is 10.3 Å². The normalized spacial score (nSPS) is 36.7. The number of carbonyl (C=O) groups is 1. The van der Waals surface area contributed by atoms with Crippen LogP contribution in [0.1, 0.15) is 13.3 Å². The van der Waals surface area contributed by atoms with E-state index in [4.69, 9.17) is 44.3 Å². The summed E-state index contributed by atoms with van der Waals surface area (Å²) in [5.74, 6) is -0.496. The third-order valence-electron chi connectivity index (χ3n) is 3.41. The summed E-state index contributed by atoms with van der Waals surface area (Å²) < 4.78 is 10.6. The summed E-state index contributed by atoms with van der Waals surface area (Å²) >= 11 is 17.5. The van der Waals surface area contributed by atoms with Crippen LogP contribution >= 0.6 is 34.8 Å². The molecule has 0 aromatic rings. The van der Waals surface area contributed by atoms with Crippen molar-refractivity contribution in [3.05, 3.63) is 10.1 Å². The molecule has 2 aliphatic heterocycles. The number of methoxy groups -OCH3 is 1. The fourth-order valence-corrected chi connectivity index (χ4v) is 2.90. The summed E-state index contributed by atoms with van der Waals surface area (Å²) in [7, 11) is 1.49. The highest BCUT2D eigenvalue weighted by Crippen LogP contribution is 2.30. The molecule has 21 heavy (non-hydrogen) atoms. The first kappa shape index (κ1) is 17.0. The van der Waals surface area contributed by atoms with Gasteiger partial charge in [0.2, 0.25) is 0 Å². The fourth-order valence-electron chi connectivity index (χ4n) is 2.26. The molecule has 0 spiro atoms. The van der Waals surface area contributed by atoms with Crippen LogP contribution in [-0.2, 0) is 14.3 Å². The highest BCUT2D eigenvalue weighted by atomic mass is 35.5. The molecule has 6 nitrogen and oxygen atoms in total. The van der Waals surface area contributed by atoms with Crippen LogP contribution < -0.4 is 5.32 Å². The van der Waals surface area contributed by atoms with Gasteiger partial charge < -0.3 is 19.9 Å². The smallest absolute Gasteiger partial charge is 0.250 e. The Bertz CT molecular complexity index is 485. The molecule has 118 valence electrons. The van der Waals surface area contributed by atoms with Gasteiger partial charge in [-0.25, -0.2) is 0 Å². The summed E-state index contributed by atoms with van der Waals surface area (Å²) in [5, 5.41) is 12.9. The summed E-state index contributed by atoms with van der Waals surface area (Å²) in [6.07, 6.45) is -1.48. The highest BCUT2D eigenvalue weighted by Gasteiger charge is 2.39. The molecule has 2 heterocycles. The van der Waals surface area contributed by atoms with Crippen molar-refractivity contribution in [2.75, 3.05) is 7.11 Å². The monoisotopic (exact) mass is 356 g/mol. The number of amides is 1. The van der Waals surface area contributed by atoms with Crippen molar-refractivity contribution >= 4 is 45.9 Å². The average molecular weight is 358 g/mol. The van der Waals surface area contributed by atoms with Crippen LogP contribution in [0.25, 0.3) is 0 Å². The second kappa shape index (κ2) is 6.81. The largest absolute Gasteiger partial charge is 0.391 e. The number of nitrogens with one attached hydrogen (secondary N) is 1. The molecule has 9 heteroatoms. The van der Waals surface area contributed by atoms with E-state index in [1.807, 2.05) is 0 Å². The first-order valence-corrected chi connectivity index (χ1v) is 7.44. The van der Waals surface area contributed by atoms with Crippen LogP contribution in [0.4, 0.5) is 0 Å². The number of aliphatic hydroxyl groups is 1. The standard InChI is InChI=1S/C12H15Cl3N2O4/c1-4-9(5(18)3-6(20-2)21-4)17-12(19)10-7(13)8(14)11(15)16-10/h4-6,9-10,18H,3H2,1-2H3,(H,17,19)/t4-,5-,6-,9-,10?/m1/s1. The zero-order chi connectivity index (χ0) is 15.7. The first-order valence-electron chi connectivity index (χ1n) is 6.30. The van der Waals surface area contributed by atoms with E-state index >= 15 is 0 Å². The van der Waals surface area contributed by atoms with E-state index in [-0.39, 0.29) is 21.7 Å². The van der Waals surface area contributed by atoms with Crippen LogP contribution in [0.2, 0.25) is 0 Å². The Labute approximate surface area is 137 Å².